The first-order valence-corrected chi connectivity index (χ1v) is 6.78. The summed E-state index contributed by atoms with van der Waals surface area (Å²) >= 11 is 0. The predicted molar refractivity (Wildman–Crippen MR) is 85.2 cm³/mol. The number of piperidine rings is 1. The minimum atomic E-state index is 0. The highest BCUT2D eigenvalue weighted by molar-refractivity contribution is 5.85. The Morgan fingerprint density at radius 1 is 1.37 bits per heavy atom. The minimum absolute atomic E-state index is 0. The standard InChI is InChI=1S/C13H27N3O.2ClH/c1-11(14)3-4-13(17)15-8-5-12-6-9-16(2)10-7-12;;/h11-12H,3-10,14H2,1-2H3,(H,15,17);2*1H. The van der Waals surface area contributed by atoms with E-state index in [2.05, 4.69) is 17.3 Å². The van der Waals surface area contributed by atoms with Gasteiger partial charge in [-0.05, 0) is 58.7 Å². The Labute approximate surface area is 129 Å². The molecule has 0 bridgehead atoms. The molecule has 0 aromatic rings. The van der Waals surface area contributed by atoms with Gasteiger partial charge in [0.15, 0.2) is 0 Å². The van der Waals surface area contributed by atoms with Crippen LogP contribution in [0.2, 0.25) is 0 Å². The first kappa shape index (κ1) is 21.3. The van der Waals surface area contributed by atoms with Gasteiger partial charge in [0.05, 0.1) is 0 Å². The highest BCUT2D eigenvalue weighted by Gasteiger charge is 2.16. The Bertz CT molecular complexity index is 232. The summed E-state index contributed by atoms with van der Waals surface area (Å²) in [4.78, 5) is 13.8. The molecule has 1 aliphatic rings. The molecule has 1 atom stereocenters. The van der Waals surface area contributed by atoms with Crippen molar-refractivity contribution in [1.82, 2.24) is 10.2 Å². The van der Waals surface area contributed by atoms with Crippen LogP contribution in [0.25, 0.3) is 0 Å². The smallest absolute Gasteiger partial charge is 0.220 e. The molecule has 0 aliphatic carbocycles. The van der Waals surface area contributed by atoms with E-state index >= 15 is 0 Å². The van der Waals surface area contributed by atoms with Crippen LogP contribution in [-0.2, 0) is 4.79 Å². The van der Waals surface area contributed by atoms with Crippen LogP contribution in [0, 0.1) is 5.92 Å². The summed E-state index contributed by atoms with van der Waals surface area (Å²) < 4.78 is 0. The van der Waals surface area contributed by atoms with E-state index in [4.69, 9.17) is 5.73 Å². The number of hydrogen-bond acceptors (Lipinski definition) is 3. The minimum Gasteiger partial charge on any atom is -0.356 e. The molecule has 0 spiro atoms. The molecule has 116 valence electrons. The van der Waals surface area contributed by atoms with E-state index in [1.54, 1.807) is 0 Å². The zero-order valence-corrected chi connectivity index (χ0v) is 13.7. The fourth-order valence-electron chi connectivity index (χ4n) is 2.21. The Kier molecular flexibility index (Phi) is 13.2. The zero-order valence-electron chi connectivity index (χ0n) is 12.1. The molecule has 1 aliphatic heterocycles. The largest absolute Gasteiger partial charge is 0.356 e. The molecule has 3 N–H and O–H groups in total. The number of carbonyl (C=O) groups is 1. The monoisotopic (exact) mass is 313 g/mol. The molecular formula is C13H29Cl2N3O. The van der Waals surface area contributed by atoms with Gasteiger partial charge in [0.25, 0.3) is 0 Å². The van der Waals surface area contributed by atoms with Crippen LogP contribution in [-0.4, -0.2) is 43.5 Å². The summed E-state index contributed by atoms with van der Waals surface area (Å²) in [5.74, 6) is 0.940. The summed E-state index contributed by atoms with van der Waals surface area (Å²) in [5, 5.41) is 2.99. The third-order valence-electron chi connectivity index (χ3n) is 3.54. The van der Waals surface area contributed by atoms with Crippen LogP contribution in [0.4, 0.5) is 0 Å². The van der Waals surface area contributed by atoms with Crippen LogP contribution in [0.15, 0.2) is 0 Å². The second-order valence-electron chi connectivity index (χ2n) is 5.40. The highest BCUT2D eigenvalue weighted by Crippen LogP contribution is 2.18. The normalized spacial score (nSPS) is 18.1. The van der Waals surface area contributed by atoms with Gasteiger partial charge in [-0.15, -0.1) is 24.8 Å². The van der Waals surface area contributed by atoms with Crippen molar-refractivity contribution in [2.24, 2.45) is 11.7 Å². The second kappa shape index (κ2) is 11.8. The lowest BCUT2D eigenvalue weighted by Crippen LogP contribution is -2.33. The lowest BCUT2D eigenvalue weighted by molar-refractivity contribution is -0.121. The molecule has 0 radical (unpaired) electrons. The van der Waals surface area contributed by atoms with Gasteiger partial charge in [-0.3, -0.25) is 4.79 Å². The van der Waals surface area contributed by atoms with Gasteiger partial charge < -0.3 is 16.0 Å². The molecule has 1 rings (SSSR count). The molecule has 1 heterocycles. The van der Waals surface area contributed by atoms with Crippen molar-refractivity contribution in [3.63, 3.8) is 0 Å². The SMILES string of the molecule is CC(N)CCC(=O)NCCC1CCN(C)CC1.Cl.Cl. The number of nitrogens with zero attached hydrogens (tertiary/aromatic N) is 1. The van der Waals surface area contributed by atoms with E-state index in [-0.39, 0.29) is 36.8 Å². The molecule has 0 aromatic heterocycles. The van der Waals surface area contributed by atoms with Crippen molar-refractivity contribution in [3.05, 3.63) is 0 Å². The van der Waals surface area contributed by atoms with Crippen molar-refractivity contribution < 1.29 is 4.79 Å². The first-order chi connectivity index (χ1) is 8.08. The van der Waals surface area contributed by atoms with Crippen LogP contribution in [0.1, 0.15) is 39.0 Å². The number of nitrogens with one attached hydrogen (secondary N) is 1. The summed E-state index contributed by atoms with van der Waals surface area (Å²) in [6, 6.07) is 0.120. The van der Waals surface area contributed by atoms with Gasteiger partial charge in [0.1, 0.15) is 0 Å². The van der Waals surface area contributed by atoms with Gasteiger partial charge >= 0.3 is 0 Å². The second-order valence-corrected chi connectivity index (χ2v) is 5.40. The molecule has 1 amide bonds. The van der Waals surface area contributed by atoms with E-state index in [0.29, 0.717) is 6.42 Å². The molecule has 6 heteroatoms. The molecule has 1 fully saturated rings. The molecular weight excluding hydrogens is 285 g/mol. The van der Waals surface area contributed by atoms with Gasteiger partial charge in [-0.1, -0.05) is 0 Å². The fourth-order valence-corrected chi connectivity index (χ4v) is 2.21. The van der Waals surface area contributed by atoms with Crippen LogP contribution in [0.5, 0.6) is 0 Å². The Balaban J connectivity index is 0. The Morgan fingerprint density at radius 3 is 2.47 bits per heavy atom. The third-order valence-corrected chi connectivity index (χ3v) is 3.54. The molecule has 1 unspecified atom stereocenters. The Morgan fingerprint density at radius 2 is 1.95 bits per heavy atom. The number of hydrogen-bond donors (Lipinski definition) is 2. The van der Waals surface area contributed by atoms with Crippen LogP contribution >= 0.6 is 24.8 Å². The maximum absolute atomic E-state index is 11.5. The van der Waals surface area contributed by atoms with Gasteiger partial charge in [0, 0.05) is 19.0 Å². The quantitative estimate of drug-likeness (QED) is 0.786. The maximum Gasteiger partial charge on any atom is 0.220 e. The molecule has 0 saturated carbocycles. The van der Waals surface area contributed by atoms with E-state index in [1.807, 2.05) is 6.92 Å². The summed E-state index contributed by atoms with van der Waals surface area (Å²) in [6.45, 7) is 5.16. The highest BCUT2D eigenvalue weighted by atomic mass is 35.5. The van der Waals surface area contributed by atoms with Crippen LogP contribution in [0.3, 0.4) is 0 Å². The predicted octanol–water partition coefficient (Wildman–Crippen LogP) is 1.81. The molecule has 1 saturated heterocycles. The van der Waals surface area contributed by atoms with Gasteiger partial charge in [-0.25, -0.2) is 0 Å². The van der Waals surface area contributed by atoms with Crippen LogP contribution < -0.4 is 11.1 Å². The van der Waals surface area contributed by atoms with Gasteiger partial charge in [-0.2, -0.15) is 0 Å². The fraction of sp³-hybridized carbons (Fsp3) is 0.923. The maximum atomic E-state index is 11.5. The van der Waals surface area contributed by atoms with E-state index in [0.717, 1.165) is 25.3 Å². The third kappa shape index (κ3) is 10.4. The van der Waals surface area contributed by atoms with E-state index in [1.165, 1.54) is 25.9 Å². The number of likely N-dealkylation sites (tertiary alicyclic amines) is 1. The topological polar surface area (TPSA) is 58.4 Å². The summed E-state index contributed by atoms with van der Waals surface area (Å²) in [7, 11) is 2.17. The van der Waals surface area contributed by atoms with Crippen molar-refractivity contribution in [2.75, 3.05) is 26.7 Å². The lowest BCUT2D eigenvalue weighted by atomic mass is 9.94. The van der Waals surface area contributed by atoms with Crippen molar-refractivity contribution in [2.45, 2.75) is 45.1 Å². The number of amides is 1. The van der Waals surface area contributed by atoms with Crippen molar-refractivity contribution in [1.29, 1.82) is 0 Å². The van der Waals surface area contributed by atoms with E-state index in [9.17, 15) is 4.79 Å². The Hall–Kier alpha value is -0.0300. The average molecular weight is 314 g/mol. The summed E-state index contributed by atoms with van der Waals surface area (Å²) in [6.07, 6.45) is 5.00. The van der Waals surface area contributed by atoms with E-state index < -0.39 is 0 Å². The molecule has 19 heavy (non-hydrogen) atoms. The number of halogens is 2. The zero-order chi connectivity index (χ0) is 12.7. The number of nitrogens with two attached hydrogens (primary N) is 1. The van der Waals surface area contributed by atoms with Gasteiger partial charge in [0.2, 0.25) is 5.91 Å². The molecule has 0 aromatic carbocycles. The number of rotatable bonds is 6. The number of carbonyl (C=O) groups excluding carboxylic acids is 1. The lowest BCUT2D eigenvalue weighted by Gasteiger charge is -2.28. The van der Waals surface area contributed by atoms with Crippen molar-refractivity contribution in [3.8, 4) is 0 Å². The molecule has 4 nitrogen and oxygen atoms in total. The summed E-state index contributed by atoms with van der Waals surface area (Å²) in [5.41, 5.74) is 5.61. The average Bonchev–Trinajstić information content (AvgIpc) is 2.29. The first-order valence-electron chi connectivity index (χ1n) is 6.78. The van der Waals surface area contributed by atoms with Crippen molar-refractivity contribution >= 4 is 30.7 Å².